The number of aliphatic hydroxyl groups excluding tert-OH is 1. The molecule has 0 fully saturated rings. The molecule has 1 nitrogen and oxygen atoms in total. The van der Waals surface area contributed by atoms with Gasteiger partial charge in [-0.05, 0) is 29.7 Å². The number of hydrogen-bond donors (Lipinski definition) is 1. The number of benzene rings is 1. The fraction of sp³-hybridized carbons (Fsp3) is 0.455. The molecule has 1 N–H and O–H groups in total. The Morgan fingerprint density at radius 3 is 3.07 bits per heavy atom. The molecule has 2 atom stereocenters. The van der Waals surface area contributed by atoms with E-state index in [1.165, 1.54) is 5.56 Å². The Hall–Kier alpha value is 0.01000. The Labute approximate surface area is 97.0 Å². The zero-order valence-electron chi connectivity index (χ0n) is 8.03. The molecule has 76 valence electrons. The minimum Gasteiger partial charge on any atom is -0.388 e. The van der Waals surface area contributed by atoms with E-state index in [2.05, 4.69) is 28.9 Å². The van der Waals surface area contributed by atoms with Gasteiger partial charge in [-0.3, -0.25) is 0 Å². The number of hydrogen-bond acceptors (Lipinski definition) is 2. The van der Waals surface area contributed by atoms with Gasteiger partial charge in [0.2, 0.25) is 0 Å². The Kier molecular flexibility index (Phi) is 3.20. The quantitative estimate of drug-likeness (QED) is 0.780. The molecular weight excluding hydrogens is 260 g/mol. The highest BCUT2D eigenvalue weighted by Gasteiger charge is 2.20. The third-order valence-electron chi connectivity index (χ3n) is 2.55. The average Bonchev–Trinajstić information content (AvgIpc) is 2.27. The standard InChI is InChI=1S/C11H13BrOS/c1-7-4-11(13)10-5-9(12)3-2-8(10)6-14-7/h2-3,5,7,11,13H,4,6H2,1H3/t7?,11-/m0/s1. The van der Waals surface area contributed by atoms with E-state index >= 15 is 0 Å². The summed E-state index contributed by atoms with van der Waals surface area (Å²) in [4.78, 5) is 0. The molecular formula is C11H13BrOS. The number of rotatable bonds is 0. The van der Waals surface area contributed by atoms with Crippen LogP contribution in [-0.2, 0) is 5.75 Å². The number of fused-ring (bicyclic) bond motifs is 1. The van der Waals surface area contributed by atoms with Crippen LogP contribution in [0.5, 0.6) is 0 Å². The molecule has 2 rings (SSSR count). The molecule has 0 bridgehead atoms. The summed E-state index contributed by atoms with van der Waals surface area (Å²) in [5, 5.41) is 10.5. The molecule has 1 aromatic rings. The average molecular weight is 273 g/mol. The summed E-state index contributed by atoms with van der Waals surface area (Å²) in [5.41, 5.74) is 2.37. The van der Waals surface area contributed by atoms with Crippen molar-refractivity contribution in [3.8, 4) is 0 Å². The van der Waals surface area contributed by atoms with Crippen LogP contribution in [0.1, 0.15) is 30.6 Å². The highest BCUT2D eigenvalue weighted by Crippen LogP contribution is 2.35. The minimum absolute atomic E-state index is 0.299. The maximum absolute atomic E-state index is 10.0. The summed E-state index contributed by atoms with van der Waals surface area (Å²) in [5.74, 6) is 1.01. The van der Waals surface area contributed by atoms with E-state index in [1.807, 2.05) is 23.9 Å². The van der Waals surface area contributed by atoms with Gasteiger partial charge in [0, 0.05) is 15.5 Å². The maximum atomic E-state index is 10.0. The number of halogens is 1. The van der Waals surface area contributed by atoms with Crippen LogP contribution in [0, 0.1) is 0 Å². The fourth-order valence-electron chi connectivity index (χ4n) is 1.75. The van der Waals surface area contributed by atoms with Crippen molar-refractivity contribution in [2.75, 3.05) is 0 Å². The summed E-state index contributed by atoms with van der Waals surface area (Å²) in [6.45, 7) is 2.18. The van der Waals surface area contributed by atoms with Crippen molar-refractivity contribution in [1.29, 1.82) is 0 Å². The summed E-state index contributed by atoms with van der Waals surface area (Å²) in [6, 6.07) is 6.19. The number of aliphatic hydroxyl groups is 1. The molecule has 0 saturated heterocycles. The van der Waals surface area contributed by atoms with E-state index in [9.17, 15) is 5.11 Å². The van der Waals surface area contributed by atoms with Crippen molar-refractivity contribution in [3.63, 3.8) is 0 Å². The molecule has 0 saturated carbocycles. The highest BCUT2D eigenvalue weighted by atomic mass is 79.9. The van der Waals surface area contributed by atoms with Crippen molar-refractivity contribution < 1.29 is 5.11 Å². The lowest BCUT2D eigenvalue weighted by molar-refractivity contribution is 0.168. The molecule has 0 aromatic heterocycles. The fourth-order valence-corrected chi connectivity index (χ4v) is 3.17. The lowest BCUT2D eigenvalue weighted by Crippen LogP contribution is -2.03. The van der Waals surface area contributed by atoms with Crippen LogP contribution in [0.3, 0.4) is 0 Å². The summed E-state index contributed by atoms with van der Waals surface area (Å²) < 4.78 is 1.05. The molecule has 3 heteroatoms. The Bertz CT molecular complexity index is 340. The van der Waals surface area contributed by atoms with E-state index in [-0.39, 0.29) is 6.10 Å². The summed E-state index contributed by atoms with van der Waals surface area (Å²) >= 11 is 5.36. The zero-order valence-corrected chi connectivity index (χ0v) is 10.4. The van der Waals surface area contributed by atoms with Gasteiger partial charge in [-0.2, -0.15) is 11.8 Å². The Balaban J connectivity index is 2.39. The largest absolute Gasteiger partial charge is 0.388 e. The van der Waals surface area contributed by atoms with Crippen molar-refractivity contribution in [3.05, 3.63) is 33.8 Å². The van der Waals surface area contributed by atoms with Gasteiger partial charge < -0.3 is 5.11 Å². The molecule has 1 aliphatic rings. The second-order valence-corrected chi connectivity index (χ2v) is 6.06. The molecule has 0 aliphatic carbocycles. The van der Waals surface area contributed by atoms with Crippen LogP contribution in [0.4, 0.5) is 0 Å². The van der Waals surface area contributed by atoms with E-state index < -0.39 is 0 Å². The monoisotopic (exact) mass is 272 g/mol. The Morgan fingerprint density at radius 1 is 1.50 bits per heavy atom. The van der Waals surface area contributed by atoms with E-state index in [0.717, 1.165) is 22.2 Å². The van der Waals surface area contributed by atoms with Crippen LogP contribution in [-0.4, -0.2) is 10.4 Å². The third kappa shape index (κ3) is 2.15. The Morgan fingerprint density at radius 2 is 2.29 bits per heavy atom. The normalized spacial score (nSPS) is 26.8. The van der Waals surface area contributed by atoms with Crippen molar-refractivity contribution in [1.82, 2.24) is 0 Å². The summed E-state index contributed by atoms with van der Waals surface area (Å²) in [6.07, 6.45) is 0.557. The molecule has 1 aromatic carbocycles. The second kappa shape index (κ2) is 4.25. The first-order valence-electron chi connectivity index (χ1n) is 4.75. The number of thioether (sulfide) groups is 1. The molecule has 0 amide bonds. The molecule has 0 spiro atoms. The van der Waals surface area contributed by atoms with Crippen LogP contribution in [0.15, 0.2) is 22.7 Å². The van der Waals surface area contributed by atoms with Gasteiger partial charge in [-0.25, -0.2) is 0 Å². The maximum Gasteiger partial charge on any atom is 0.0803 e. The topological polar surface area (TPSA) is 20.2 Å². The molecule has 1 heterocycles. The van der Waals surface area contributed by atoms with Gasteiger partial charge in [0.05, 0.1) is 6.10 Å². The zero-order chi connectivity index (χ0) is 10.1. The molecule has 1 aliphatic heterocycles. The SMILES string of the molecule is CC1C[C@H](O)c2cc(Br)ccc2CS1. The first-order valence-corrected chi connectivity index (χ1v) is 6.59. The predicted octanol–water partition coefficient (Wildman–Crippen LogP) is 3.51. The van der Waals surface area contributed by atoms with E-state index in [0.29, 0.717) is 5.25 Å². The van der Waals surface area contributed by atoms with Crippen LogP contribution in [0.25, 0.3) is 0 Å². The molecule has 0 radical (unpaired) electrons. The first kappa shape index (κ1) is 10.5. The first-order chi connectivity index (χ1) is 6.66. The van der Waals surface area contributed by atoms with Crippen molar-refractivity contribution >= 4 is 27.7 Å². The van der Waals surface area contributed by atoms with Gasteiger partial charge in [0.25, 0.3) is 0 Å². The van der Waals surface area contributed by atoms with Gasteiger partial charge in [-0.15, -0.1) is 0 Å². The minimum atomic E-state index is -0.299. The van der Waals surface area contributed by atoms with Gasteiger partial charge in [0.1, 0.15) is 0 Å². The van der Waals surface area contributed by atoms with E-state index in [4.69, 9.17) is 0 Å². The molecule has 1 unspecified atom stereocenters. The van der Waals surface area contributed by atoms with Gasteiger partial charge in [-0.1, -0.05) is 28.9 Å². The lowest BCUT2D eigenvalue weighted by Gasteiger charge is -2.12. The highest BCUT2D eigenvalue weighted by molar-refractivity contribution is 9.10. The molecule has 14 heavy (non-hydrogen) atoms. The summed E-state index contributed by atoms with van der Waals surface area (Å²) in [7, 11) is 0. The predicted molar refractivity (Wildman–Crippen MR) is 64.5 cm³/mol. The smallest absolute Gasteiger partial charge is 0.0803 e. The third-order valence-corrected chi connectivity index (χ3v) is 4.28. The second-order valence-electron chi connectivity index (χ2n) is 3.72. The lowest BCUT2D eigenvalue weighted by atomic mass is 10.0. The van der Waals surface area contributed by atoms with Gasteiger partial charge in [0.15, 0.2) is 0 Å². The van der Waals surface area contributed by atoms with E-state index in [1.54, 1.807) is 0 Å². The van der Waals surface area contributed by atoms with Gasteiger partial charge >= 0.3 is 0 Å². The van der Waals surface area contributed by atoms with Crippen LogP contribution < -0.4 is 0 Å². The van der Waals surface area contributed by atoms with Crippen molar-refractivity contribution in [2.24, 2.45) is 0 Å². The van der Waals surface area contributed by atoms with Crippen molar-refractivity contribution in [2.45, 2.75) is 30.5 Å². The van der Waals surface area contributed by atoms with Crippen LogP contribution >= 0.6 is 27.7 Å². The van der Waals surface area contributed by atoms with Crippen LogP contribution in [0.2, 0.25) is 0 Å².